The van der Waals surface area contributed by atoms with Crippen LogP contribution in [0, 0.1) is 0 Å². The first-order chi connectivity index (χ1) is 11.2. The summed E-state index contributed by atoms with van der Waals surface area (Å²) < 4.78 is 0. The van der Waals surface area contributed by atoms with Crippen LogP contribution in [0.25, 0.3) is 0 Å². The fourth-order valence-electron chi connectivity index (χ4n) is 3.14. The first-order valence-electron chi connectivity index (χ1n) is 9.17. The number of rotatable bonds is 6. The molecular weight excluding hydrogens is 314 g/mol. The minimum atomic E-state index is -0.458. The summed E-state index contributed by atoms with van der Waals surface area (Å²) in [6.45, 7) is 17.7. The molecule has 25 heavy (non-hydrogen) atoms. The molecule has 0 amide bonds. The van der Waals surface area contributed by atoms with Gasteiger partial charge in [0.25, 0.3) is 0 Å². The molecule has 1 rings (SSSR count). The summed E-state index contributed by atoms with van der Waals surface area (Å²) in [5.41, 5.74) is 2.63. The molecule has 0 bridgehead atoms. The second kappa shape index (κ2) is 8.07. The highest BCUT2D eigenvalue weighted by Gasteiger charge is 2.27. The van der Waals surface area contributed by atoms with Gasteiger partial charge in [-0.1, -0.05) is 53.7 Å². The van der Waals surface area contributed by atoms with E-state index >= 15 is 0 Å². The number of aliphatic hydroxyl groups is 2. The normalized spacial score (nSPS) is 15.5. The third-order valence-corrected chi connectivity index (χ3v) is 4.24. The molecule has 4 heteroatoms. The summed E-state index contributed by atoms with van der Waals surface area (Å²) in [5, 5.41) is 30.3. The van der Waals surface area contributed by atoms with Gasteiger partial charge in [0, 0.05) is 19.6 Å². The van der Waals surface area contributed by atoms with E-state index in [1.807, 2.05) is 0 Å². The van der Waals surface area contributed by atoms with Crippen molar-refractivity contribution in [3.8, 4) is 5.75 Å². The van der Waals surface area contributed by atoms with Gasteiger partial charge >= 0.3 is 0 Å². The van der Waals surface area contributed by atoms with E-state index in [1.54, 1.807) is 13.8 Å². The number of hydrogen-bond acceptors (Lipinski definition) is 4. The summed E-state index contributed by atoms with van der Waals surface area (Å²) in [5.74, 6) is 0.376. The van der Waals surface area contributed by atoms with Crippen LogP contribution < -0.4 is 0 Å². The maximum absolute atomic E-state index is 10.8. The van der Waals surface area contributed by atoms with E-state index in [9.17, 15) is 15.3 Å². The minimum absolute atomic E-state index is 0.167. The first-order valence-corrected chi connectivity index (χ1v) is 9.17. The third kappa shape index (κ3) is 6.61. The lowest BCUT2D eigenvalue weighted by Crippen LogP contribution is -2.36. The van der Waals surface area contributed by atoms with Crippen molar-refractivity contribution in [2.45, 2.75) is 85.0 Å². The molecule has 1 aromatic rings. The summed E-state index contributed by atoms with van der Waals surface area (Å²) in [4.78, 5) is 2.06. The predicted molar refractivity (Wildman–Crippen MR) is 104 cm³/mol. The highest BCUT2D eigenvalue weighted by molar-refractivity contribution is 5.49. The van der Waals surface area contributed by atoms with Gasteiger partial charge in [-0.3, -0.25) is 4.90 Å². The fourth-order valence-corrected chi connectivity index (χ4v) is 3.14. The van der Waals surface area contributed by atoms with Gasteiger partial charge in [-0.05, 0) is 41.4 Å². The summed E-state index contributed by atoms with van der Waals surface area (Å²) in [6, 6.07) is 4.11. The van der Waals surface area contributed by atoms with E-state index in [0.29, 0.717) is 25.4 Å². The van der Waals surface area contributed by atoms with E-state index in [1.165, 1.54) is 0 Å². The Kier molecular flexibility index (Phi) is 7.08. The summed E-state index contributed by atoms with van der Waals surface area (Å²) >= 11 is 0. The Balaban J connectivity index is 3.33. The van der Waals surface area contributed by atoms with Crippen LogP contribution in [0.1, 0.15) is 72.1 Å². The van der Waals surface area contributed by atoms with Crippen molar-refractivity contribution in [2.24, 2.45) is 0 Å². The molecule has 0 saturated heterocycles. The van der Waals surface area contributed by atoms with Crippen LogP contribution in [0.5, 0.6) is 5.75 Å². The lowest BCUT2D eigenvalue weighted by Gasteiger charge is -2.30. The molecule has 0 aliphatic rings. The zero-order valence-corrected chi connectivity index (χ0v) is 17.2. The Hall–Kier alpha value is -1.10. The lowest BCUT2D eigenvalue weighted by atomic mass is 9.78. The van der Waals surface area contributed by atoms with Crippen LogP contribution in [0.4, 0.5) is 0 Å². The smallest absolute Gasteiger partial charge is 0.123 e. The molecule has 144 valence electrons. The van der Waals surface area contributed by atoms with Crippen molar-refractivity contribution in [3.05, 3.63) is 28.8 Å². The van der Waals surface area contributed by atoms with Crippen LogP contribution in [0.3, 0.4) is 0 Å². The number of nitrogens with zero attached hydrogens (tertiary/aromatic N) is 1. The Morgan fingerprint density at radius 2 is 1.20 bits per heavy atom. The highest BCUT2D eigenvalue weighted by Crippen LogP contribution is 2.40. The van der Waals surface area contributed by atoms with Crippen molar-refractivity contribution in [3.63, 3.8) is 0 Å². The standard InChI is InChI=1S/C21H37NO3/c1-14(23)11-22(12-15(2)24)13-16-9-17(20(3,4)5)19(25)18(10-16)21(6,7)8/h9-10,14-15,23-25H,11-13H2,1-8H3. The monoisotopic (exact) mass is 351 g/mol. The molecule has 0 fully saturated rings. The first kappa shape index (κ1) is 21.9. The second-order valence-electron chi connectivity index (χ2n) is 9.43. The maximum Gasteiger partial charge on any atom is 0.123 e. The van der Waals surface area contributed by atoms with Crippen molar-refractivity contribution in [1.29, 1.82) is 0 Å². The zero-order valence-electron chi connectivity index (χ0n) is 17.2. The molecule has 0 heterocycles. The number of aromatic hydroxyl groups is 1. The quantitative estimate of drug-likeness (QED) is 0.733. The van der Waals surface area contributed by atoms with Crippen molar-refractivity contribution < 1.29 is 15.3 Å². The molecule has 4 nitrogen and oxygen atoms in total. The van der Waals surface area contributed by atoms with Crippen molar-refractivity contribution in [1.82, 2.24) is 4.90 Å². The number of benzene rings is 1. The molecule has 0 radical (unpaired) electrons. The van der Waals surface area contributed by atoms with E-state index in [0.717, 1.165) is 16.7 Å². The van der Waals surface area contributed by atoms with Crippen LogP contribution >= 0.6 is 0 Å². The molecule has 0 spiro atoms. The Morgan fingerprint density at radius 3 is 1.48 bits per heavy atom. The number of aliphatic hydroxyl groups excluding tert-OH is 2. The SMILES string of the molecule is CC(O)CN(Cc1cc(C(C)(C)C)c(O)c(C(C)(C)C)c1)CC(C)O. The number of phenols is 1. The van der Waals surface area contributed by atoms with Crippen LogP contribution in [-0.2, 0) is 17.4 Å². The topological polar surface area (TPSA) is 63.9 Å². The van der Waals surface area contributed by atoms with E-state index in [2.05, 4.69) is 58.6 Å². The maximum atomic E-state index is 10.8. The second-order valence-corrected chi connectivity index (χ2v) is 9.43. The van der Waals surface area contributed by atoms with Crippen LogP contribution in [0.15, 0.2) is 12.1 Å². The van der Waals surface area contributed by atoms with Crippen molar-refractivity contribution >= 4 is 0 Å². The average molecular weight is 352 g/mol. The summed E-state index contributed by atoms with van der Waals surface area (Å²) in [7, 11) is 0. The van der Waals surface area contributed by atoms with E-state index < -0.39 is 12.2 Å². The lowest BCUT2D eigenvalue weighted by molar-refractivity contribution is 0.0793. The van der Waals surface area contributed by atoms with Crippen LogP contribution in [-0.4, -0.2) is 45.5 Å². The molecule has 2 unspecified atom stereocenters. The highest BCUT2D eigenvalue weighted by atomic mass is 16.3. The van der Waals surface area contributed by atoms with E-state index in [4.69, 9.17) is 0 Å². The molecule has 0 saturated carbocycles. The third-order valence-electron chi connectivity index (χ3n) is 4.24. The van der Waals surface area contributed by atoms with Gasteiger partial charge in [-0.15, -0.1) is 0 Å². The van der Waals surface area contributed by atoms with Crippen molar-refractivity contribution in [2.75, 3.05) is 13.1 Å². The largest absolute Gasteiger partial charge is 0.507 e. The average Bonchev–Trinajstić information content (AvgIpc) is 2.36. The molecule has 3 N–H and O–H groups in total. The van der Waals surface area contributed by atoms with Gasteiger partial charge < -0.3 is 15.3 Å². The predicted octanol–water partition coefficient (Wildman–Crippen LogP) is 3.55. The van der Waals surface area contributed by atoms with Gasteiger partial charge in [-0.25, -0.2) is 0 Å². The fraction of sp³-hybridized carbons (Fsp3) is 0.714. The van der Waals surface area contributed by atoms with E-state index in [-0.39, 0.29) is 10.8 Å². The Labute approximate surface area is 153 Å². The van der Waals surface area contributed by atoms with Gasteiger partial charge in [0.05, 0.1) is 12.2 Å². The van der Waals surface area contributed by atoms with Gasteiger partial charge in [0.15, 0.2) is 0 Å². The van der Waals surface area contributed by atoms with Gasteiger partial charge in [-0.2, -0.15) is 0 Å². The zero-order chi connectivity index (χ0) is 19.6. The molecule has 1 aromatic carbocycles. The molecule has 0 aromatic heterocycles. The Morgan fingerprint density at radius 1 is 0.840 bits per heavy atom. The molecular formula is C21H37NO3. The van der Waals surface area contributed by atoms with Gasteiger partial charge in [0.1, 0.15) is 5.75 Å². The molecule has 0 aliphatic carbocycles. The minimum Gasteiger partial charge on any atom is -0.507 e. The number of hydrogen-bond donors (Lipinski definition) is 3. The molecule has 2 atom stereocenters. The summed E-state index contributed by atoms with van der Waals surface area (Å²) in [6.07, 6.45) is -0.917. The number of phenolic OH excluding ortho intramolecular Hbond substituents is 1. The van der Waals surface area contributed by atoms with Crippen LogP contribution in [0.2, 0.25) is 0 Å². The van der Waals surface area contributed by atoms with Gasteiger partial charge in [0.2, 0.25) is 0 Å². The molecule has 0 aliphatic heterocycles. The Bertz CT molecular complexity index is 520.